The molecule has 0 aliphatic carbocycles. The summed E-state index contributed by atoms with van der Waals surface area (Å²) in [5, 5.41) is 0. The van der Waals surface area contributed by atoms with Gasteiger partial charge in [0, 0.05) is 19.2 Å². The molecule has 150 valence electrons. The summed E-state index contributed by atoms with van der Waals surface area (Å²) >= 11 is 0. The summed E-state index contributed by atoms with van der Waals surface area (Å²) in [5.74, 6) is 1.33. The second-order valence-corrected chi connectivity index (χ2v) is 7.91. The minimum atomic E-state index is 1.10. The van der Waals surface area contributed by atoms with Gasteiger partial charge < -0.3 is 4.57 Å². The summed E-state index contributed by atoms with van der Waals surface area (Å²) < 4.78 is 2.46. The van der Waals surface area contributed by atoms with Gasteiger partial charge in [0.05, 0.1) is 5.69 Å². The van der Waals surface area contributed by atoms with E-state index in [2.05, 4.69) is 54.9 Å². The zero-order valence-corrected chi connectivity index (χ0v) is 17.8. The number of rotatable bonds is 15. The van der Waals surface area contributed by atoms with Crippen LogP contribution in [0.4, 0.5) is 0 Å². The summed E-state index contributed by atoms with van der Waals surface area (Å²) in [6, 6.07) is 10.8. The highest BCUT2D eigenvalue weighted by Gasteiger charge is 2.08. The van der Waals surface area contributed by atoms with Gasteiger partial charge in [0.1, 0.15) is 5.82 Å². The van der Waals surface area contributed by atoms with Gasteiger partial charge in [-0.05, 0) is 37.7 Å². The van der Waals surface area contributed by atoms with E-state index in [-0.39, 0.29) is 0 Å². The Labute approximate surface area is 167 Å². The van der Waals surface area contributed by atoms with Crippen LogP contribution in [0.1, 0.15) is 95.1 Å². The Morgan fingerprint density at radius 2 is 1.41 bits per heavy atom. The van der Waals surface area contributed by atoms with Crippen LogP contribution in [0, 0.1) is 0 Å². The molecule has 0 aliphatic rings. The normalized spacial score (nSPS) is 11.2. The fourth-order valence-electron chi connectivity index (χ4n) is 3.74. The number of unbranched alkanes of at least 4 members (excludes halogenated alkanes) is 7. The standard InChI is InChI=1S/C25H40N2/c1-3-5-7-8-9-13-20-25-26-24(22-27(25)21-14-6-4-2)19-15-18-23-16-11-10-12-17-23/h10-12,16-17,22H,3-9,13-15,18-21H2,1-2H3. The molecule has 0 amide bonds. The smallest absolute Gasteiger partial charge is 0.108 e. The Bertz CT molecular complexity index is 600. The third kappa shape index (κ3) is 8.77. The molecule has 1 aromatic heterocycles. The lowest BCUT2D eigenvalue weighted by atomic mass is 10.1. The van der Waals surface area contributed by atoms with E-state index in [1.807, 2.05) is 0 Å². The Kier molecular flexibility index (Phi) is 10.9. The molecule has 0 atom stereocenters. The first kappa shape index (κ1) is 21.7. The maximum Gasteiger partial charge on any atom is 0.108 e. The van der Waals surface area contributed by atoms with Crippen LogP contribution in [0.3, 0.4) is 0 Å². The van der Waals surface area contributed by atoms with Gasteiger partial charge in [0.15, 0.2) is 0 Å². The first-order valence-corrected chi connectivity index (χ1v) is 11.4. The number of aromatic nitrogens is 2. The van der Waals surface area contributed by atoms with Crippen molar-refractivity contribution in [2.45, 2.75) is 104 Å². The van der Waals surface area contributed by atoms with Crippen molar-refractivity contribution < 1.29 is 0 Å². The van der Waals surface area contributed by atoms with Gasteiger partial charge in [-0.1, -0.05) is 89.1 Å². The minimum absolute atomic E-state index is 1.10. The number of nitrogens with zero attached hydrogens (tertiary/aromatic N) is 2. The number of aryl methyl sites for hydroxylation is 4. The lowest BCUT2D eigenvalue weighted by molar-refractivity contribution is 0.557. The van der Waals surface area contributed by atoms with Crippen molar-refractivity contribution in [3.63, 3.8) is 0 Å². The Morgan fingerprint density at radius 1 is 0.704 bits per heavy atom. The van der Waals surface area contributed by atoms with Gasteiger partial charge in [-0.3, -0.25) is 0 Å². The molecule has 2 nitrogen and oxygen atoms in total. The highest BCUT2D eigenvalue weighted by Crippen LogP contribution is 2.14. The van der Waals surface area contributed by atoms with Crippen molar-refractivity contribution in [2.24, 2.45) is 0 Å². The zero-order valence-electron chi connectivity index (χ0n) is 17.8. The molecule has 1 aromatic carbocycles. The molecule has 2 aromatic rings. The van der Waals surface area contributed by atoms with Gasteiger partial charge in [-0.2, -0.15) is 0 Å². The number of hydrogen-bond acceptors (Lipinski definition) is 1. The van der Waals surface area contributed by atoms with Crippen LogP contribution in [0.2, 0.25) is 0 Å². The van der Waals surface area contributed by atoms with Crippen LogP contribution in [-0.4, -0.2) is 9.55 Å². The van der Waals surface area contributed by atoms with E-state index in [0.29, 0.717) is 0 Å². The summed E-state index contributed by atoms with van der Waals surface area (Å²) in [4.78, 5) is 5.02. The molecule has 0 spiro atoms. The van der Waals surface area contributed by atoms with Crippen LogP contribution < -0.4 is 0 Å². The maximum absolute atomic E-state index is 5.02. The van der Waals surface area contributed by atoms with Gasteiger partial charge in [-0.25, -0.2) is 4.98 Å². The van der Waals surface area contributed by atoms with Crippen LogP contribution >= 0.6 is 0 Å². The van der Waals surface area contributed by atoms with Crippen LogP contribution in [-0.2, 0) is 25.8 Å². The number of hydrogen-bond donors (Lipinski definition) is 0. The van der Waals surface area contributed by atoms with E-state index in [1.54, 1.807) is 0 Å². The maximum atomic E-state index is 5.02. The predicted molar refractivity (Wildman–Crippen MR) is 117 cm³/mol. The summed E-state index contributed by atoms with van der Waals surface area (Å²) in [6.07, 6.45) is 18.9. The van der Waals surface area contributed by atoms with Crippen molar-refractivity contribution in [1.82, 2.24) is 9.55 Å². The molecule has 0 radical (unpaired) electrons. The molecule has 0 bridgehead atoms. The van der Waals surface area contributed by atoms with Crippen molar-refractivity contribution in [2.75, 3.05) is 0 Å². The van der Waals surface area contributed by atoms with Crippen LogP contribution in [0.25, 0.3) is 0 Å². The molecule has 0 aliphatic heterocycles. The summed E-state index contributed by atoms with van der Waals surface area (Å²) in [5.41, 5.74) is 2.73. The highest BCUT2D eigenvalue weighted by atomic mass is 15.1. The predicted octanol–water partition coefficient (Wildman–Crippen LogP) is 7.15. The molecule has 0 saturated carbocycles. The van der Waals surface area contributed by atoms with Gasteiger partial charge in [0.2, 0.25) is 0 Å². The molecule has 0 N–H and O–H groups in total. The first-order valence-electron chi connectivity index (χ1n) is 11.4. The van der Waals surface area contributed by atoms with E-state index in [1.165, 1.54) is 81.3 Å². The van der Waals surface area contributed by atoms with Gasteiger partial charge >= 0.3 is 0 Å². The third-order valence-corrected chi connectivity index (χ3v) is 5.41. The lowest BCUT2D eigenvalue weighted by Crippen LogP contribution is -2.03. The van der Waals surface area contributed by atoms with E-state index >= 15 is 0 Å². The largest absolute Gasteiger partial charge is 0.335 e. The van der Waals surface area contributed by atoms with E-state index in [4.69, 9.17) is 4.98 Å². The number of imidazole rings is 1. The SMILES string of the molecule is CCCCCCCCc1nc(CCCc2ccccc2)cn1CCCCC. The Morgan fingerprint density at radius 3 is 2.19 bits per heavy atom. The third-order valence-electron chi connectivity index (χ3n) is 5.41. The fourth-order valence-corrected chi connectivity index (χ4v) is 3.74. The monoisotopic (exact) mass is 368 g/mol. The Hall–Kier alpha value is -1.57. The second-order valence-electron chi connectivity index (χ2n) is 7.91. The average molecular weight is 369 g/mol. The van der Waals surface area contributed by atoms with Crippen molar-refractivity contribution in [3.05, 3.63) is 53.6 Å². The first-order chi connectivity index (χ1) is 13.3. The zero-order chi connectivity index (χ0) is 19.2. The van der Waals surface area contributed by atoms with Gasteiger partial charge in [0.25, 0.3) is 0 Å². The van der Waals surface area contributed by atoms with E-state index in [9.17, 15) is 0 Å². The second kappa shape index (κ2) is 13.6. The van der Waals surface area contributed by atoms with E-state index < -0.39 is 0 Å². The molecule has 1 heterocycles. The molecule has 0 unspecified atom stereocenters. The molecule has 2 rings (SSSR count). The lowest BCUT2D eigenvalue weighted by Gasteiger charge is -2.07. The van der Waals surface area contributed by atoms with Gasteiger partial charge in [-0.15, -0.1) is 0 Å². The molecular weight excluding hydrogens is 328 g/mol. The topological polar surface area (TPSA) is 17.8 Å². The van der Waals surface area contributed by atoms with Crippen LogP contribution in [0.5, 0.6) is 0 Å². The molecule has 0 saturated heterocycles. The van der Waals surface area contributed by atoms with Crippen LogP contribution in [0.15, 0.2) is 36.5 Å². The summed E-state index contributed by atoms with van der Waals surface area (Å²) in [7, 11) is 0. The molecule has 27 heavy (non-hydrogen) atoms. The fraction of sp³-hybridized carbons (Fsp3) is 0.640. The molecule has 0 fully saturated rings. The van der Waals surface area contributed by atoms with Crippen molar-refractivity contribution >= 4 is 0 Å². The average Bonchev–Trinajstić information content (AvgIpc) is 3.07. The van der Waals surface area contributed by atoms with Crippen molar-refractivity contribution in [3.8, 4) is 0 Å². The molecular formula is C25H40N2. The quantitative estimate of drug-likeness (QED) is 0.305. The minimum Gasteiger partial charge on any atom is -0.335 e. The van der Waals surface area contributed by atoms with Crippen molar-refractivity contribution in [1.29, 1.82) is 0 Å². The summed E-state index contributed by atoms with van der Waals surface area (Å²) in [6.45, 7) is 5.71. The Balaban J connectivity index is 1.82. The number of benzene rings is 1. The van der Waals surface area contributed by atoms with E-state index in [0.717, 1.165) is 25.8 Å². The highest BCUT2D eigenvalue weighted by molar-refractivity contribution is 5.15. The molecule has 2 heteroatoms.